The smallest absolute Gasteiger partial charge is 0.246 e. The second kappa shape index (κ2) is 22.2. The number of likely N-dealkylation sites (N-methyl/N-ethyl adjacent to an activating group) is 1. The minimum atomic E-state index is -0.838. The molecule has 0 aromatic heterocycles. The summed E-state index contributed by atoms with van der Waals surface area (Å²) in [5, 5.41) is 12.2. The zero-order valence-corrected chi connectivity index (χ0v) is 38.9. The molecule has 7 atom stereocenters. The fourth-order valence-electron chi connectivity index (χ4n) is 10.5. The number of fused-ring (bicyclic) bond motifs is 2. The Morgan fingerprint density at radius 2 is 1.23 bits per heavy atom. The van der Waals surface area contributed by atoms with Crippen molar-refractivity contribution in [1.29, 1.82) is 0 Å². The molecule has 3 aromatic carbocycles. The van der Waals surface area contributed by atoms with Crippen LogP contribution in [0.2, 0.25) is 0 Å². The van der Waals surface area contributed by atoms with Gasteiger partial charge in [-0.3, -0.25) is 28.8 Å². The summed E-state index contributed by atoms with van der Waals surface area (Å²) in [6, 6.07) is 21.3. The molecule has 7 rings (SSSR count). The molecule has 348 valence electrons. The van der Waals surface area contributed by atoms with Gasteiger partial charge in [-0.15, -0.1) is 0 Å². The predicted molar refractivity (Wildman–Crippen MR) is 252 cm³/mol. The van der Waals surface area contributed by atoms with Crippen LogP contribution in [-0.2, 0) is 54.5 Å². The molecule has 3 aromatic rings. The van der Waals surface area contributed by atoms with Crippen LogP contribution >= 0.6 is 0 Å². The van der Waals surface area contributed by atoms with E-state index in [4.69, 9.17) is 0 Å². The number of Topliss-reactive ketones (excluding diaryl/α,β-unsaturated/α-hetero) is 1. The van der Waals surface area contributed by atoms with Gasteiger partial charge in [-0.25, -0.2) is 0 Å². The minimum absolute atomic E-state index is 0.0873. The van der Waals surface area contributed by atoms with Gasteiger partial charge in [0.05, 0.1) is 18.1 Å². The average Bonchev–Trinajstić information content (AvgIpc) is 4.03. The maximum Gasteiger partial charge on any atom is 0.246 e. The van der Waals surface area contributed by atoms with Gasteiger partial charge in [-0.05, 0) is 137 Å². The van der Waals surface area contributed by atoms with E-state index in [1.807, 2.05) is 42.5 Å². The summed E-state index contributed by atoms with van der Waals surface area (Å²) >= 11 is 0. The van der Waals surface area contributed by atoms with Gasteiger partial charge in [0.1, 0.15) is 18.1 Å². The van der Waals surface area contributed by atoms with Crippen molar-refractivity contribution < 1.29 is 28.8 Å². The lowest BCUT2D eigenvalue weighted by Gasteiger charge is -2.32. The van der Waals surface area contributed by atoms with E-state index >= 15 is 0 Å². The molecule has 0 bridgehead atoms. The molecule has 0 saturated carbocycles. The van der Waals surface area contributed by atoms with E-state index in [0.29, 0.717) is 58.0 Å². The molecule has 2 saturated heterocycles. The fraction of sp³-hybridized carbons (Fsp3) is 0.547. The average molecular weight is 887 g/mol. The molecule has 0 spiro atoms. The van der Waals surface area contributed by atoms with E-state index in [1.54, 1.807) is 37.6 Å². The van der Waals surface area contributed by atoms with Gasteiger partial charge >= 0.3 is 0 Å². The first-order valence-electron chi connectivity index (χ1n) is 24.4. The van der Waals surface area contributed by atoms with Crippen molar-refractivity contribution in [3.8, 4) is 0 Å². The lowest BCUT2D eigenvalue weighted by molar-refractivity contribution is -0.142. The second-order valence-corrected chi connectivity index (χ2v) is 19.2. The highest BCUT2D eigenvalue weighted by atomic mass is 16.2. The number of amides is 5. The summed E-state index contributed by atoms with van der Waals surface area (Å²) < 4.78 is 0. The Hall–Kier alpha value is -5.36. The first kappa shape index (κ1) is 47.6. The third-order valence-electron chi connectivity index (χ3n) is 14.4. The normalized spacial score (nSPS) is 21.7. The number of carbonyl (C=O) groups excluding carboxylic acids is 6. The Labute approximate surface area is 385 Å². The van der Waals surface area contributed by atoms with Crippen LogP contribution in [0, 0.1) is 5.92 Å². The van der Waals surface area contributed by atoms with Crippen molar-refractivity contribution in [3.05, 3.63) is 106 Å². The molecule has 2 heterocycles. The van der Waals surface area contributed by atoms with Crippen molar-refractivity contribution in [2.45, 2.75) is 159 Å². The predicted octanol–water partition coefficient (Wildman–Crippen LogP) is 6.04. The van der Waals surface area contributed by atoms with E-state index in [1.165, 1.54) is 16.7 Å². The van der Waals surface area contributed by atoms with Gasteiger partial charge in [-0.1, -0.05) is 86.6 Å². The fourth-order valence-corrected chi connectivity index (χ4v) is 10.5. The van der Waals surface area contributed by atoms with Crippen LogP contribution < -0.4 is 21.3 Å². The first-order valence-corrected chi connectivity index (χ1v) is 24.4. The molecule has 5 amide bonds. The Bertz CT molecular complexity index is 2170. The number of hydrogen-bond acceptors (Lipinski definition) is 7. The Morgan fingerprint density at radius 1 is 0.646 bits per heavy atom. The van der Waals surface area contributed by atoms with Crippen molar-refractivity contribution in [2.75, 3.05) is 20.1 Å². The van der Waals surface area contributed by atoms with Gasteiger partial charge in [0.15, 0.2) is 5.78 Å². The molecule has 2 aliphatic carbocycles. The number of nitrogens with one attached hydrogen (secondary N) is 4. The number of hydrogen-bond donors (Lipinski definition) is 4. The number of benzene rings is 3. The highest BCUT2D eigenvalue weighted by Gasteiger charge is 2.40. The Kier molecular flexibility index (Phi) is 16.3. The third kappa shape index (κ3) is 11.7. The largest absolute Gasteiger partial charge is 0.347 e. The standard InChI is InChI=1S/C53H70N6O6/c1-34(2)49(61)57-45(53(65)59-31-13-25-47(59)51(63)55-43-22-11-18-39-16-6-8-21-42(39)43)32-37-28-26-36(27-29-37)14-9-23-44(56-50(62)35(3)54-4)52(64)58-30-12-24-46(58)48(60)33-40-19-10-17-38-15-5-7-20-41(38)40/h5-8,15-16,20-21,26-29,34-35,40,43-47,54H,9-14,17-19,22-25,30-33H2,1-4H3,(H,55,63)(H,56,62)(H,57,61)/t35-,40-,43+,44-,45-,46-,47-/m0/s1. The third-order valence-corrected chi connectivity index (χ3v) is 14.4. The van der Waals surface area contributed by atoms with Crippen molar-refractivity contribution in [3.63, 3.8) is 0 Å². The highest BCUT2D eigenvalue weighted by molar-refractivity contribution is 5.95. The molecule has 12 heteroatoms. The van der Waals surface area contributed by atoms with E-state index < -0.39 is 30.2 Å². The van der Waals surface area contributed by atoms with E-state index in [9.17, 15) is 28.8 Å². The number of likely N-dealkylation sites (tertiary alicyclic amines) is 2. The van der Waals surface area contributed by atoms with Crippen LogP contribution in [0.25, 0.3) is 0 Å². The molecule has 2 fully saturated rings. The van der Waals surface area contributed by atoms with Crippen LogP contribution in [0.4, 0.5) is 0 Å². The number of aryl methyl sites for hydroxylation is 3. The lowest BCUT2D eigenvalue weighted by Crippen LogP contribution is -2.55. The van der Waals surface area contributed by atoms with E-state index in [0.717, 1.165) is 61.6 Å². The molecule has 12 nitrogen and oxygen atoms in total. The highest BCUT2D eigenvalue weighted by Crippen LogP contribution is 2.36. The monoisotopic (exact) mass is 887 g/mol. The van der Waals surface area contributed by atoms with E-state index in [-0.39, 0.29) is 59.6 Å². The van der Waals surface area contributed by atoms with Gasteiger partial charge in [-0.2, -0.15) is 0 Å². The minimum Gasteiger partial charge on any atom is -0.347 e. The van der Waals surface area contributed by atoms with E-state index in [2.05, 4.69) is 51.6 Å². The molecule has 4 N–H and O–H groups in total. The zero-order valence-electron chi connectivity index (χ0n) is 38.9. The maximum absolute atomic E-state index is 14.3. The van der Waals surface area contributed by atoms with Crippen molar-refractivity contribution in [2.24, 2.45) is 5.92 Å². The number of rotatable bonds is 18. The zero-order chi connectivity index (χ0) is 46.0. The van der Waals surface area contributed by atoms with Gasteiger partial charge < -0.3 is 31.1 Å². The topological polar surface area (TPSA) is 157 Å². The van der Waals surface area contributed by atoms with Gasteiger partial charge in [0, 0.05) is 31.8 Å². The summed E-state index contributed by atoms with van der Waals surface area (Å²) in [4.78, 5) is 86.0. The molecule has 0 radical (unpaired) electrons. The summed E-state index contributed by atoms with van der Waals surface area (Å²) in [6.45, 7) is 6.30. The Morgan fingerprint density at radius 3 is 1.92 bits per heavy atom. The van der Waals surface area contributed by atoms with Crippen molar-refractivity contribution in [1.82, 2.24) is 31.1 Å². The molecule has 0 unspecified atom stereocenters. The maximum atomic E-state index is 14.3. The van der Waals surface area contributed by atoms with Crippen LogP contribution in [0.15, 0.2) is 72.8 Å². The molecular formula is C53H70N6O6. The first-order chi connectivity index (χ1) is 31.4. The number of nitrogens with zero attached hydrogens (tertiary/aromatic N) is 2. The summed E-state index contributed by atoms with van der Waals surface area (Å²) in [5.74, 6) is -1.15. The number of ketones is 1. The summed E-state index contributed by atoms with van der Waals surface area (Å²) in [7, 11) is 1.71. The van der Waals surface area contributed by atoms with Crippen LogP contribution in [0.3, 0.4) is 0 Å². The number of carbonyl (C=O) groups is 6. The molecule has 2 aliphatic heterocycles. The Balaban J connectivity index is 0.974. The SMILES string of the molecule is CN[C@@H](C)C(=O)N[C@@H](CCCc1ccc(C[C@H](NC(=O)C(C)C)C(=O)N2CCC[C@H]2C(=O)N[C@@H]2CCCc3ccccc32)cc1)C(=O)N1CCC[C@H]1C(=O)C[C@@H]1CCCc2ccccc21. The lowest BCUT2D eigenvalue weighted by atomic mass is 9.79. The van der Waals surface area contributed by atoms with Gasteiger partial charge in [0.2, 0.25) is 29.5 Å². The van der Waals surface area contributed by atoms with Crippen molar-refractivity contribution >= 4 is 35.3 Å². The summed E-state index contributed by atoms with van der Waals surface area (Å²) in [6.07, 6.45) is 10.9. The second-order valence-electron chi connectivity index (χ2n) is 19.2. The molecular weight excluding hydrogens is 817 g/mol. The van der Waals surface area contributed by atoms with Crippen LogP contribution in [0.1, 0.15) is 137 Å². The quantitative estimate of drug-likeness (QED) is 0.121. The summed E-state index contributed by atoms with van der Waals surface area (Å²) in [5.41, 5.74) is 6.88. The molecule has 4 aliphatic rings. The van der Waals surface area contributed by atoms with Crippen LogP contribution in [0.5, 0.6) is 0 Å². The van der Waals surface area contributed by atoms with Crippen LogP contribution in [-0.4, -0.2) is 95.5 Å². The van der Waals surface area contributed by atoms with Gasteiger partial charge in [0.25, 0.3) is 0 Å². The molecule has 65 heavy (non-hydrogen) atoms.